The molecule has 0 unspecified atom stereocenters. The molecule has 0 spiro atoms. The van der Waals surface area contributed by atoms with Gasteiger partial charge in [-0.15, -0.1) is 0 Å². The van der Waals surface area contributed by atoms with Gasteiger partial charge in [0.15, 0.2) is 0 Å². The Balaban J connectivity index is 1.95. The Kier molecular flexibility index (Phi) is 5.85. The number of anilines is 2. The number of carbonyl (C=O) groups is 1. The summed E-state index contributed by atoms with van der Waals surface area (Å²) in [7, 11) is -1.23. The number of benzene rings is 2. The Morgan fingerprint density at radius 3 is 2.54 bits per heavy atom. The number of rotatable bonds is 6. The van der Waals surface area contributed by atoms with Gasteiger partial charge in [-0.3, -0.25) is 4.79 Å². The molecule has 1 saturated heterocycles. The second-order valence-electron chi connectivity index (χ2n) is 6.36. The molecule has 0 bridgehead atoms. The lowest BCUT2D eigenvalue weighted by atomic mass is 10.1. The van der Waals surface area contributed by atoms with Crippen LogP contribution in [0.5, 0.6) is 5.75 Å². The summed E-state index contributed by atoms with van der Waals surface area (Å²) >= 11 is 0. The first kappa shape index (κ1) is 20.1. The molecule has 28 heavy (non-hydrogen) atoms. The van der Waals surface area contributed by atoms with Gasteiger partial charge in [-0.05, 0) is 50.2 Å². The zero-order valence-corrected chi connectivity index (χ0v) is 16.5. The monoisotopic (exact) mass is 407 g/mol. The lowest BCUT2D eigenvalue weighted by molar-refractivity contribution is 0.102. The van der Waals surface area contributed by atoms with Crippen LogP contribution < -0.4 is 19.7 Å². The number of nitrogens with one attached hydrogen (secondary N) is 2. The molecule has 9 heteroatoms. The summed E-state index contributed by atoms with van der Waals surface area (Å²) in [5.74, 6) is -1.05. The van der Waals surface area contributed by atoms with Crippen LogP contribution in [0.1, 0.15) is 23.2 Å². The largest absolute Gasteiger partial charge is 0.495 e. The molecule has 7 nitrogen and oxygen atoms in total. The molecule has 0 radical (unpaired) electrons. The van der Waals surface area contributed by atoms with Crippen LogP contribution in [0.15, 0.2) is 41.3 Å². The number of hydrogen-bond donors (Lipinski definition) is 2. The topological polar surface area (TPSA) is 87.7 Å². The van der Waals surface area contributed by atoms with E-state index >= 15 is 0 Å². The minimum Gasteiger partial charge on any atom is -0.495 e. The third-order valence-electron chi connectivity index (χ3n) is 4.66. The van der Waals surface area contributed by atoms with Crippen molar-refractivity contribution in [3.8, 4) is 5.75 Å². The Labute approximate surface area is 163 Å². The molecule has 0 aliphatic carbocycles. The van der Waals surface area contributed by atoms with E-state index in [2.05, 4.69) is 10.0 Å². The molecule has 150 valence electrons. The van der Waals surface area contributed by atoms with Gasteiger partial charge in [-0.2, -0.15) is 0 Å². The van der Waals surface area contributed by atoms with E-state index < -0.39 is 21.7 Å². The molecule has 2 aromatic carbocycles. The molecule has 2 N–H and O–H groups in total. The van der Waals surface area contributed by atoms with Gasteiger partial charge in [0.25, 0.3) is 5.91 Å². The van der Waals surface area contributed by atoms with E-state index in [0.29, 0.717) is 5.69 Å². The van der Waals surface area contributed by atoms with Crippen molar-refractivity contribution < 1.29 is 22.3 Å². The van der Waals surface area contributed by atoms with Crippen molar-refractivity contribution >= 4 is 27.3 Å². The van der Waals surface area contributed by atoms with Crippen LogP contribution in [-0.4, -0.2) is 41.6 Å². The van der Waals surface area contributed by atoms with Gasteiger partial charge in [0.2, 0.25) is 10.0 Å². The molecule has 0 atom stereocenters. The molecule has 3 rings (SSSR count). The maximum Gasteiger partial charge on any atom is 0.255 e. The number of para-hydroxylation sites is 1. The molecule has 1 aliphatic heterocycles. The SMILES string of the molecule is CNS(=O)(=O)c1cc(C(=O)Nc2c(F)cccc2N2CCCC2)ccc1OC. The Morgan fingerprint density at radius 1 is 1.18 bits per heavy atom. The second kappa shape index (κ2) is 8.15. The fourth-order valence-corrected chi connectivity index (χ4v) is 4.10. The van der Waals surface area contributed by atoms with Crippen molar-refractivity contribution in [3.05, 3.63) is 47.8 Å². The van der Waals surface area contributed by atoms with Crippen molar-refractivity contribution in [3.63, 3.8) is 0 Å². The van der Waals surface area contributed by atoms with E-state index in [1.165, 1.54) is 38.4 Å². The summed E-state index contributed by atoms with van der Waals surface area (Å²) in [6.45, 7) is 1.58. The van der Waals surface area contributed by atoms with Crippen molar-refractivity contribution in [2.24, 2.45) is 0 Å². The standard InChI is InChI=1S/C19H22FN3O4S/c1-21-28(25,26)17-12-13(8-9-16(17)27-2)19(24)22-18-14(20)6-5-7-15(18)23-10-3-4-11-23/h5-9,12,21H,3-4,10-11H2,1-2H3,(H,22,24). The number of carbonyl (C=O) groups excluding carboxylic acids is 1. The van der Waals surface area contributed by atoms with Gasteiger partial charge in [-0.1, -0.05) is 6.07 Å². The molecule has 0 aromatic heterocycles. The fraction of sp³-hybridized carbons (Fsp3) is 0.316. The van der Waals surface area contributed by atoms with Crippen LogP contribution in [0, 0.1) is 5.82 Å². The van der Waals surface area contributed by atoms with Crippen molar-refractivity contribution in [2.75, 3.05) is 37.5 Å². The summed E-state index contributed by atoms with van der Waals surface area (Å²) in [4.78, 5) is 14.6. The molecule has 1 heterocycles. The highest BCUT2D eigenvalue weighted by atomic mass is 32.2. The minimum absolute atomic E-state index is 0.0743. The van der Waals surface area contributed by atoms with Crippen molar-refractivity contribution in [2.45, 2.75) is 17.7 Å². The molecule has 0 saturated carbocycles. The molecule has 1 fully saturated rings. The minimum atomic E-state index is -3.84. The first-order valence-electron chi connectivity index (χ1n) is 8.84. The van der Waals surface area contributed by atoms with Crippen molar-refractivity contribution in [1.82, 2.24) is 4.72 Å². The van der Waals surface area contributed by atoms with Crippen LogP contribution in [0.25, 0.3) is 0 Å². The lowest BCUT2D eigenvalue weighted by Gasteiger charge is -2.22. The van der Waals surface area contributed by atoms with Crippen LogP contribution in [0.3, 0.4) is 0 Å². The maximum absolute atomic E-state index is 14.5. The fourth-order valence-electron chi connectivity index (χ4n) is 3.18. The van der Waals surface area contributed by atoms with Crippen LogP contribution in [0.4, 0.5) is 15.8 Å². The van der Waals surface area contributed by atoms with Gasteiger partial charge < -0.3 is 15.0 Å². The van der Waals surface area contributed by atoms with E-state index in [0.717, 1.165) is 25.9 Å². The number of ether oxygens (including phenoxy) is 1. The average molecular weight is 407 g/mol. The number of halogens is 1. The quantitative estimate of drug-likeness (QED) is 0.769. The van der Waals surface area contributed by atoms with Crippen LogP contribution >= 0.6 is 0 Å². The maximum atomic E-state index is 14.5. The number of amides is 1. The van der Waals surface area contributed by atoms with Crippen molar-refractivity contribution in [1.29, 1.82) is 0 Å². The van der Waals surface area contributed by atoms with E-state index in [9.17, 15) is 17.6 Å². The van der Waals surface area contributed by atoms with E-state index in [1.54, 1.807) is 12.1 Å². The highest BCUT2D eigenvalue weighted by Crippen LogP contribution is 2.32. The Hall–Kier alpha value is -2.65. The highest BCUT2D eigenvalue weighted by Gasteiger charge is 2.23. The molecular formula is C19H22FN3O4S. The smallest absolute Gasteiger partial charge is 0.255 e. The van der Waals surface area contributed by atoms with Crippen LogP contribution in [-0.2, 0) is 10.0 Å². The third kappa shape index (κ3) is 3.95. The summed E-state index contributed by atoms with van der Waals surface area (Å²) < 4.78 is 46.1. The first-order valence-corrected chi connectivity index (χ1v) is 10.3. The number of sulfonamides is 1. The lowest BCUT2D eigenvalue weighted by Crippen LogP contribution is -2.23. The molecule has 1 aliphatic rings. The van der Waals surface area contributed by atoms with E-state index in [-0.39, 0.29) is 21.9 Å². The summed E-state index contributed by atoms with van der Waals surface area (Å²) in [5, 5.41) is 2.59. The van der Waals surface area contributed by atoms with Gasteiger partial charge in [0.1, 0.15) is 22.1 Å². The summed E-state index contributed by atoms with van der Waals surface area (Å²) in [5.41, 5.74) is 0.774. The predicted molar refractivity (Wildman–Crippen MR) is 105 cm³/mol. The van der Waals surface area contributed by atoms with E-state index in [1.807, 2.05) is 4.90 Å². The summed E-state index contributed by atoms with van der Waals surface area (Å²) in [6.07, 6.45) is 2.02. The molecule has 1 amide bonds. The van der Waals surface area contributed by atoms with Crippen LogP contribution in [0.2, 0.25) is 0 Å². The predicted octanol–water partition coefficient (Wildman–Crippen LogP) is 2.59. The number of nitrogens with zero attached hydrogens (tertiary/aromatic N) is 1. The van der Waals surface area contributed by atoms with Gasteiger partial charge in [0.05, 0.1) is 12.8 Å². The average Bonchev–Trinajstić information content (AvgIpc) is 3.23. The number of methoxy groups -OCH3 is 1. The van der Waals surface area contributed by atoms with Gasteiger partial charge >= 0.3 is 0 Å². The van der Waals surface area contributed by atoms with Gasteiger partial charge in [-0.25, -0.2) is 17.5 Å². The zero-order valence-electron chi connectivity index (χ0n) is 15.7. The van der Waals surface area contributed by atoms with E-state index in [4.69, 9.17) is 4.74 Å². The Bertz CT molecular complexity index is 989. The zero-order chi connectivity index (χ0) is 20.3. The third-order valence-corrected chi connectivity index (χ3v) is 6.10. The molecule has 2 aromatic rings. The molecular weight excluding hydrogens is 385 g/mol. The first-order chi connectivity index (χ1) is 13.4. The second-order valence-corrected chi connectivity index (χ2v) is 8.21. The highest BCUT2D eigenvalue weighted by molar-refractivity contribution is 7.89. The van der Waals surface area contributed by atoms with Gasteiger partial charge in [0, 0.05) is 18.7 Å². The normalized spacial score (nSPS) is 14.2. The number of hydrogen-bond acceptors (Lipinski definition) is 5. The summed E-state index contributed by atoms with van der Waals surface area (Å²) in [6, 6.07) is 8.66. The Morgan fingerprint density at radius 2 is 1.89 bits per heavy atom.